The summed E-state index contributed by atoms with van der Waals surface area (Å²) < 4.78 is 0. The fourth-order valence-electron chi connectivity index (χ4n) is 1.83. The number of ketones is 1. The Balaban J connectivity index is 2.29. The molecular weight excluding hydrogens is 190 g/mol. The van der Waals surface area contributed by atoms with Gasteiger partial charge in [0.05, 0.1) is 5.69 Å². The first-order valence-electron chi connectivity index (χ1n) is 5.20. The topological polar surface area (TPSA) is 45.2 Å². The van der Waals surface area contributed by atoms with Gasteiger partial charge in [-0.15, -0.1) is 0 Å². The van der Waals surface area contributed by atoms with Crippen LogP contribution in [-0.2, 0) is 0 Å². The minimum Gasteiger partial charge on any atom is -0.367 e. The van der Waals surface area contributed by atoms with Crippen LogP contribution in [0, 0.1) is 0 Å². The summed E-state index contributed by atoms with van der Waals surface area (Å²) in [5, 5.41) is 3.29. The van der Waals surface area contributed by atoms with Gasteiger partial charge in [-0.1, -0.05) is 0 Å². The molecule has 1 fully saturated rings. The van der Waals surface area contributed by atoms with Crippen LogP contribution in [0.3, 0.4) is 0 Å². The van der Waals surface area contributed by atoms with E-state index in [-0.39, 0.29) is 5.78 Å². The lowest BCUT2D eigenvalue weighted by atomic mass is 10.2. The molecule has 0 saturated carbocycles. The molecule has 2 heterocycles. The molecule has 2 rings (SSSR count). The molecule has 0 spiro atoms. The van der Waals surface area contributed by atoms with E-state index in [4.69, 9.17) is 0 Å². The van der Waals surface area contributed by atoms with Gasteiger partial charge in [-0.2, -0.15) is 0 Å². The van der Waals surface area contributed by atoms with Crippen LogP contribution < -0.4 is 10.2 Å². The number of piperazine rings is 1. The second-order valence-electron chi connectivity index (χ2n) is 3.66. The summed E-state index contributed by atoms with van der Waals surface area (Å²) >= 11 is 0. The highest BCUT2D eigenvalue weighted by Gasteiger charge is 2.16. The summed E-state index contributed by atoms with van der Waals surface area (Å²) in [6, 6.07) is 3.85. The van der Waals surface area contributed by atoms with Crippen LogP contribution in [-0.4, -0.2) is 36.9 Å². The molecule has 1 N–H and O–H groups in total. The zero-order valence-corrected chi connectivity index (χ0v) is 8.86. The second kappa shape index (κ2) is 4.40. The van der Waals surface area contributed by atoms with Gasteiger partial charge in [0.25, 0.3) is 0 Å². The molecule has 0 aromatic carbocycles. The zero-order valence-electron chi connectivity index (χ0n) is 8.86. The summed E-state index contributed by atoms with van der Waals surface area (Å²) in [4.78, 5) is 17.8. The summed E-state index contributed by atoms with van der Waals surface area (Å²) in [5.41, 5.74) is 1.55. The Labute approximate surface area is 89.3 Å². The van der Waals surface area contributed by atoms with Crippen molar-refractivity contribution in [2.45, 2.75) is 6.92 Å². The maximum atomic E-state index is 11.4. The predicted molar refractivity (Wildman–Crippen MR) is 59.3 cm³/mol. The van der Waals surface area contributed by atoms with E-state index in [1.54, 1.807) is 13.1 Å². The molecule has 0 aliphatic carbocycles. The summed E-state index contributed by atoms with van der Waals surface area (Å²) in [6.45, 7) is 5.37. The summed E-state index contributed by atoms with van der Waals surface area (Å²) in [7, 11) is 0. The molecule has 0 bridgehead atoms. The third-order valence-corrected chi connectivity index (χ3v) is 2.58. The number of carbonyl (C=O) groups is 1. The minimum atomic E-state index is 0.0316. The molecule has 0 unspecified atom stereocenters. The van der Waals surface area contributed by atoms with E-state index in [1.165, 1.54) is 0 Å². The van der Waals surface area contributed by atoms with Gasteiger partial charge < -0.3 is 10.2 Å². The molecule has 1 saturated heterocycles. The highest BCUT2D eigenvalue weighted by atomic mass is 16.1. The van der Waals surface area contributed by atoms with Crippen LogP contribution in [0.15, 0.2) is 18.3 Å². The van der Waals surface area contributed by atoms with Crippen molar-refractivity contribution < 1.29 is 4.79 Å². The van der Waals surface area contributed by atoms with E-state index in [0.29, 0.717) is 5.69 Å². The van der Waals surface area contributed by atoms with Crippen LogP contribution in [0.4, 0.5) is 5.69 Å². The monoisotopic (exact) mass is 205 g/mol. The molecule has 4 nitrogen and oxygen atoms in total. The number of nitrogens with zero attached hydrogens (tertiary/aromatic N) is 2. The number of carbonyl (C=O) groups excluding carboxylic acids is 1. The maximum Gasteiger partial charge on any atom is 0.180 e. The highest BCUT2D eigenvalue weighted by Crippen LogP contribution is 2.18. The lowest BCUT2D eigenvalue weighted by Gasteiger charge is -2.30. The van der Waals surface area contributed by atoms with E-state index >= 15 is 0 Å². The van der Waals surface area contributed by atoms with Crippen molar-refractivity contribution in [3.05, 3.63) is 24.0 Å². The van der Waals surface area contributed by atoms with Crippen LogP contribution in [0.2, 0.25) is 0 Å². The number of hydrogen-bond acceptors (Lipinski definition) is 4. The van der Waals surface area contributed by atoms with Gasteiger partial charge in [0.2, 0.25) is 0 Å². The van der Waals surface area contributed by atoms with Crippen LogP contribution in [0.25, 0.3) is 0 Å². The largest absolute Gasteiger partial charge is 0.367 e. The average molecular weight is 205 g/mol. The third kappa shape index (κ3) is 2.15. The van der Waals surface area contributed by atoms with Crippen molar-refractivity contribution in [1.82, 2.24) is 10.3 Å². The predicted octanol–water partition coefficient (Wildman–Crippen LogP) is 0.694. The quantitative estimate of drug-likeness (QED) is 0.722. The molecule has 0 atom stereocenters. The van der Waals surface area contributed by atoms with Crippen LogP contribution >= 0.6 is 0 Å². The molecule has 1 aliphatic heterocycles. The number of pyridine rings is 1. The zero-order chi connectivity index (χ0) is 10.7. The van der Waals surface area contributed by atoms with Gasteiger partial charge in [0, 0.05) is 39.3 Å². The van der Waals surface area contributed by atoms with Gasteiger partial charge >= 0.3 is 0 Å². The highest BCUT2D eigenvalue weighted by molar-refractivity contribution is 5.97. The van der Waals surface area contributed by atoms with E-state index in [2.05, 4.69) is 15.2 Å². The Morgan fingerprint density at radius 1 is 1.47 bits per heavy atom. The van der Waals surface area contributed by atoms with Crippen LogP contribution in [0.5, 0.6) is 0 Å². The van der Waals surface area contributed by atoms with Gasteiger partial charge in [-0.05, 0) is 12.1 Å². The fourth-order valence-corrected chi connectivity index (χ4v) is 1.83. The normalized spacial score (nSPS) is 16.5. The molecular formula is C11H15N3O. The van der Waals surface area contributed by atoms with E-state index in [0.717, 1.165) is 31.9 Å². The van der Waals surface area contributed by atoms with Gasteiger partial charge in [-0.25, -0.2) is 0 Å². The smallest absolute Gasteiger partial charge is 0.180 e. The van der Waals surface area contributed by atoms with Crippen molar-refractivity contribution in [3.63, 3.8) is 0 Å². The van der Waals surface area contributed by atoms with Crippen molar-refractivity contribution in [2.75, 3.05) is 31.1 Å². The van der Waals surface area contributed by atoms with Crippen molar-refractivity contribution in [2.24, 2.45) is 0 Å². The molecule has 0 radical (unpaired) electrons. The maximum absolute atomic E-state index is 11.4. The van der Waals surface area contributed by atoms with Gasteiger partial charge in [-0.3, -0.25) is 9.78 Å². The SMILES string of the molecule is CC(=O)c1ncccc1N1CCNCC1. The Bertz CT molecular complexity index is 359. The van der Waals surface area contributed by atoms with E-state index < -0.39 is 0 Å². The van der Waals surface area contributed by atoms with Crippen molar-refractivity contribution >= 4 is 11.5 Å². The number of anilines is 1. The molecule has 1 aliphatic rings. The Morgan fingerprint density at radius 3 is 2.87 bits per heavy atom. The lowest BCUT2D eigenvalue weighted by Crippen LogP contribution is -2.44. The standard InChI is InChI=1S/C11H15N3O/c1-9(15)11-10(3-2-4-13-11)14-7-5-12-6-8-14/h2-4,12H,5-8H2,1H3. The fraction of sp³-hybridized carbons (Fsp3) is 0.455. The molecule has 1 aromatic heterocycles. The Kier molecular flexibility index (Phi) is 2.97. The van der Waals surface area contributed by atoms with E-state index in [9.17, 15) is 4.79 Å². The third-order valence-electron chi connectivity index (χ3n) is 2.58. The van der Waals surface area contributed by atoms with Gasteiger partial charge in [0.1, 0.15) is 5.69 Å². The first-order valence-corrected chi connectivity index (χ1v) is 5.20. The molecule has 0 amide bonds. The van der Waals surface area contributed by atoms with Crippen molar-refractivity contribution in [3.8, 4) is 0 Å². The first-order chi connectivity index (χ1) is 7.29. The second-order valence-corrected chi connectivity index (χ2v) is 3.66. The summed E-state index contributed by atoms with van der Waals surface area (Å²) in [5.74, 6) is 0.0316. The van der Waals surface area contributed by atoms with Crippen LogP contribution in [0.1, 0.15) is 17.4 Å². The Morgan fingerprint density at radius 2 is 2.20 bits per heavy atom. The van der Waals surface area contributed by atoms with Gasteiger partial charge in [0.15, 0.2) is 5.78 Å². The average Bonchev–Trinajstić information content (AvgIpc) is 2.30. The van der Waals surface area contributed by atoms with Crippen molar-refractivity contribution in [1.29, 1.82) is 0 Å². The lowest BCUT2D eigenvalue weighted by molar-refractivity contribution is 0.101. The number of nitrogens with one attached hydrogen (secondary N) is 1. The number of rotatable bonds is 2. The molecule has 80 valence electrons. The Hall–Kier alpha value is -1.42. The number of hydrogen-bond donors (Lipinski definition) is 1. The van der Waals surface area contributed by atoms with E-state index in [1.807, 2.05) is 12.1 Å². The molecule has 15 heavy (non-hydrogen) atoms. The number of Topliss-reactive ketones (excluding diaryl/α,β-unsaturated/α-hetero) is 1. The molecule has 4 heteroatoms. The number of aromatic nitrogens is 1. The molecule has 1 aromatic rings. The minimum absolute atomic E-state index is 0.0316. The summed E-state index contributed by atoms with van der Waals surface area (Å²) in [6.07, 6.45) is 1.67. The first kappa shape index (κ1) is 10.1.